The summed E-state index contributed by atoms with van der Waals surface area (Å²) < 4.78 is 0. The van der Waals surface area contributed by atoms with Gasteiger partial charge in [-0.1, -0.05) is 13.3 Å². The van der Waals surface area contributed by atoms with E-state index in [4.69, 9.17) is 0 Å². The van der Waals surface area contributed by atoms with Crippen LogP contribution in [0.3, 0.4) is 0 Å². The summed E-state index contributed by atoms with van der Waals surface area (Å²) >= 11 is 0. The van der Waals surface area contributed by atoms with Crippen LogP contribution in [0.5, 0.6) is 0 Å². The molecule has 0 spiro atoms. The largest absolute Gasteiger partial charge is 0.316 e. The van der Waals surface area contributed by atoms with Crippen LogP contribution in [-0.2, 0) is 0 Å². The van der Waals surface area contributed by atoms with E-state index in [2.05, 4.69) is 37.9 Å². The van der Waals surface area contributed by atoms with E-state index in [0.29, 0.717) is 11.0 Å². The molecular weight excluding hydrogens is 208 g/mol. The third-order valence-corrected chi connectivity index (χ3v) is 4.96. The van der Waals surface area contributed by atoms with Gasteiger partial charge in [-0.25, -0.2) is 0 Å². The van der Waals surface area contributed by atoms with Gasteiger partial charge in [0, 0.05) is 18.6 Å². The second-order valence-electron chi connectivity index (χ2n) is 7.16. The Kier molecular flexibility index (Phi) is 3.84. The highest BCUT2D eigenvalue weighted by Gasteiger charge is 2.45. The van der Waals surface area contributed by atoms with E-state index in [9.17, 15) is 0 Å². The topological polar surface area (TPSA) is 15.3 Å². The first kappa shape index (κ1) is 13.4. The zero-order chi connectivity index (χ0) is 12.5. The van der Waals surface area contributed by atoms with Crippen molar-refractivity contribution >= 4 is 0 Å². The van der Waals surface area contributed by atoms with Crippen molar-refractivity contribution in [2.45, 2.75) is 58.9 Å². The maximum Gasteiger partial charge on any atom is 0.0125 e. The molecule has 2 unspecified atom stereocenters. The van der Waals surface area contributed by atoms with Crippen LogP contribution < -0.4 is 5.32 Å². The van der Waals surface area contributed by atoms with E-state index in [1.807, 2.05) is 0 Å². The Balaban J connectivity index is 2.14. The molecule has 0 aliphatic carbocycles. The number of nitrogens with zero attached hydrogens (tertiary/aromatic N) is 1. The van der Waals surface area contributed by atoms with Crippen molar-refractivity contribution in [1.82, 2.24) is 10.2 Å². The van der Waals surface area contributed by atoms with Crippen molar-refractivity contribution in [3.05, 3.63) is 0 Å². The highest BCUT2D eigenvalue weighted by molar-refractivity contribution is 4.99. The molecule has 1 N–H and O–H groups in total. The predicted molar refractivity (Wildman–Crippen MR) is 74.3 cm³/mol. The quantitative estimate of drug-likeness (QED) is 0.796. The fraction of sp³-hybridized carbons (Fsp3) is 1.00. The summed E-state index contributed by atoms with van der Waals surface area (Å²) in [6, 6.07) is 0. The van der Waals surface area contributed by atoms with Crippen molar-refractivity contribution in [1.29, 1.82) is 0 Å². The monoisotopic (exact) mass is 238 g/mol. The second kappa shape index (κ2) is 4.89. The first-order chi connectivity index (χ1) is 7.98. The molecule has 0 saturated carbocycles. The van der Waals surface area contributed by atoms with Crippen LogP contribution in [0.1, 0.15) is 53.4 Å². The number of nitrogens with one attached hydrogen (secondary N) is 1. The molecule has 100 valence electrons. The van der Waals surface area contributed by atoms with Gasteiger partial charge in [0.2, 0.25) is 0 Å². The minimum atomic E-state index is 0.336. The molecule has 2 heterocycles. The maximum absolute atomic E-state index is 3.65. The van der Waals surface area contributed by atoms with Gasteiger partial charge in [0.15, 0.2) is 0 Å². The van der Waals surface area contributed by atoms with Gasteiger partial charge in [0.1, 0.15) is 0 Å². The Morgan fingerprint density at radius 3 is 2.71 bits per heavy atom. The zero-order valence-electron chi connectivity index (χ0n) is 12.2. The molecule has 17 heavy (non-hydrogen) atoms. The summed E-state index contributed by atoms with van der Waals surface area (Å²) in [4.78, 5) is 2.71. The molecule has 2 heteroatoms. The summed E-state index contributed by atoms with van der Waals surface area (Å²) in [6.45, 7) is 14.5. The maximum atomic E-state index is 3.65. The van der Waals surface area contributed by atoms with Crippen LogP contribution >= 0.6 is 0 Å². The highest BCUT2D eigenvalue weighted by atomic mass is 15.2. The third-order valence-electron chi connectivity index (χ3n) is 4.96. The standard InChI is InChI=1S/C15H30N2/c1-5-8-15-11-16-9-6-13(15)7-10-17(12-15)14(2,3)4/h13,16H,5-12H2,1-4H3. The molecule has 2 fully saturated rings. The number of rotatable bonds is 2. The normalized spacial score (nSPS) is 35.6. The number of likely N-dealkylation sites (tertiary alicyclic amines) is 1. The predicted octanol–water partition coefficient (Wildman–Crippen LogP) is 2.89. The smallest absolute Gasteiger partial charge is 0.0125 e. The molecular formula is C15H30N2. The van der Waals surface area contributed by atoms with Crippen molar-refractivity contribution in [3.8, 4) is 0 Å². The number of hydrogen-bond donors (Lipinski definition) is 1. The van der Waals surface area contributed by atoms with Crippen molar-refractivity contribution in [3.63, 3.8) is 0 Å². The van der Waals surface area contributed by atoms with E-state index >= 15 is 0 Å². The second-order valence-corrected chi connectivity index (χ2v) is 7.16. The lowest BCUT2D eigenvalue weighted by molar-refractivity contribution is -0.0379. The summed E-state index contributed by atoms with van der Waals surface area (Å²) in [5.41, 5.74) is 0.904. The summed E-state index contributed by atoms with van der Waals surface area (Å²) in [7, 11) is 0. The molecule has 2 aliphatic rings. The lowest BCUT2D eigenvalue weighted by Crippen LogP contribution is -2.60. The lowest BCUT2D eigenvalue weighted by atomic mass is 9.64. The van der Waals surface area contributed by atoms with E-state index < -0.39 is 0 Å². The fourth-order valence-electron chi connectivity index (χ4n) is 3.91. The molecule has 0 amide bonds. The fourth-order valence-corrected chi connectivity index (χ4v) is 3.91. The summed E-state index contributed by atoms with van der Waals surface area (Å²) in [5.74, 6) is 0.974. The molecule has 2 rings (SSSR count). The van der Waals surface area contributed by atoms with Gasteiger partial charge in [0.25, 0.3) is 0 Å². The van der Waals surface area contributed by atoms with Crippen LogP contribution in [0.4, 0.5) is 0 Å². The van der Waals surface area contributed by atoms with Crippen LogP contribution in [-0.4, -0.2) is 36.6 Å². The van der Waals surface area contributed by atoms with Gasteiger partial charge in [-0.15, -0.1) is 0 Å². The first-order valence-electron chi connectivity index (χ1n) is 7.44. The van der Waals surface area contributed by atoms with Crippen LogP contribution in [0.2, 0.25) is 0 Å². The van der Waals surface area contributed by atoms with Crippen molar-refractivity contribution in [2.24, 2.45) is 11.3 Å². The minimum absolute atomic E-state index is 0.336. The summed E-state index contributed by atoms with van der Waals surface area (Å²) in [6.07, 6.45) is 5.55. The Morgan fingerprint density at radius 2 is 2.06 bits per heavy atom. The van der Waals surface area contributed by atoms with Crippen molar-refractivity contribution in [2.75, 3.05) is 26.2 Å². The average molecular weight is 238 g/mol. The molecule has 2 atom stereocenters. The Hall–Kier alpha value is -0.0800. The van der Waals surface area contributed by atoms with Crippen LogP contribution in [0.25, 0.3) is 0 Å². The van der Waals surface area contributed by atoms with E-state index in [1.165, 1.54) is 51.9 Å². The molecule has 2 nitrogen and oxygen atoms in total. The molecule has 2 saturated heterocycles. The van der Waals surface area contributed by atoms with E-state index in [0.717, 1.165) is 5.92 Å². The molecule has 0 aromatic rings. The number of piperidine rings is 2. The third kappa shape index (κ3) is 2.68. The molecule has 0 aromatic carbocycles. The van der Waals surface area contributed by atoms with E-state index in [1.54, 1.807) is 0 Å². The van der Waals surface area contributed by atoms with Crippen molar-refractivity contribution < 1.29 is 0 Å². The van der Waals surface area contributed by atoms with Gasteiger partial charge in [-0.3, -0.25) is 4.90 Å². The lowest BCUT2D eigenvalue weighted by Gasteiger charge is -2.54. The van der Waals surface area contributed by atoms with Gasteiger partial charge in [-0.2, -0.15) is 0 Å². The molecule has 0 radical (unpaired) electrons. The Bertz CT molecular complexity index is 252. The highest BCUT2D eigenvalue weighted by Crippen LogP contribution is 2.44. The van der Waals surface area contributed by atoms with Gasteiger partial charge < -0.3 is 5.32 Å². The molecule has 0 bridgehead atoms. The van der Waals surface area contributed by atoms with Gasteiger partial charge in [-0.05, 0) is 64.5 Å². The first-order valence-corrected chi connectivity index (χ1v) is 7.44. The van der Waals surface area contributed by atoms with Gasteiger partial charge in [0.05, 0.1) is 0 Å². The Labute approximate surface area is 107 Å². The summed E-state index contributed by atoms with van der Waals surface area (Å²) in [5, 5.41) is 3.65. The minimum Gasteiger partial charge on any atom is -0.316 e. The molecule has 0 aromatic heterocycles. The SMILES string of the molecule is CCCC12CNCCC1CCN(C(C)(C)C)C2. The van der Waals surface area contributed by atoms with Gasteiger partial charge >= 0.3 is 0 Å². The Morgan fingerprint density at radius 1 is 1.29 bits per heavy atom. The number of fused-ring (bicyclic) bond motifs is 1. The molecule has 2 aliphatic heterocycles. The van der Waals surface area contributed by atoms with Crippen LogP contribution in [0, 0.1) is 11.3 Å². The van der Waals surface area contributed by atoms with Crippen LogP contribution in [0.15, 0.2) is 0 Å². The average Bonchev–Trinajstić information content (AvgIpc) is 2.27. The zero-order valence-corrected chi connectivity index (χ0v) is 12.2. The van der Waals surface area contributed by atoms with E-state index in [-0.39, 0.29) is 0 Å². The number of hydrogen-bond acceptors (Lipinski definition) is 2.